The molecular weight excluding hydrogens is 363 g/mol. The van der Waals surface area contributed by atoms with Crippen molar-refractivity contribution in [3.63, 3.8) is 0 Å². The monoisotopic (exact) mass is 384 g/mol. The van der Waals surface area contributed by atoms with Gasteiger partial charge in [0, 0.05) is 37.0 Å². The SMILES string of the molecule is COC[C@H](N)CNc1nc(Nc2ccc3ncccc3c2)c(C(N)=O)cc1F. The van der Waals surface area contributed by atoms with Crippen LogP contribution in [0.2, 0.25) is 0 Å². The standard InChI is InChI=1S/C19H21FN6O2/c1-28-10-12(21)9-24-19-15(20)8-14(17(22)27)18(26-19)25-13-4-5-16-11(7-13)3-2-6-23-16/h2-8,12H,9-10,21H2,1H3,(H2,22,27)(H2,24,25,26)/t12-/m1/s1. The first-order valence-electron chi connectivity index (χ1n) is 8.58. The lowest BCUT2D eigenvalue weighted by molar-refractivity contribution is 0.100. The molecule has 2 aromatic heterocycles. The third kappa shape index (κ3) is 4.51. The number of carbonyl (C=O) groups excluding carboxylic acids is 1. The second-order valence-electron chi connectivity index (χ2n) is 6.21. The number of ether oxygens (including phenoxy) is 1. The number of hydrogen-bond acceptors (Lipinski definition) is 7. The van der Waals surface area contributed by atoms with E-state index in [0.29, 0.717) is 12.3 Å². The Labute approximate surface area is 161 Å². The van der Waals surface area contributed by atoms with Gasteiger partial charge in [-0.2, -0.15) is 0 Å². The van der Waals surface area contributed by atoms with Crippen molar-refractivity contribution in [1.29, 1.82) is 0 Å². The van der Waals surface area contributed by atoms with Gasteiger partial charge < -0.3 is 26.8 Å². The van der Waals surface area contributed by atoms with Crippen molar-refractivity contribution in [3.05, 3.63) is 54.0 Å². The Hall–Kier alpha value is -3.30. The van der Waals surface area contributed by atoms with Gasteiger partial charge in [-0.1, -0.05) is 6.07 Å². The Morgan fingerprint density at radius 3 is 2.86 bits per heavy atom. The molecule has 8 nitrogen and oxygen atoms in total. The number of fused-ring (bicyclic) bond motifs is 1. The molecule has 0 fully saturated rings. The molecule has 2 heterocycles. The number of benzene rings is 1. The average molecular weight is 384 g/mol. The number of primary amides is 1. The summed E-state index contributed by atoms with van der Waals surface area (Å²) < 4.78 is 19.3. The number of anilines is 3. The van der Waals surface area contributed by atoms with Crippen molar-refractivity contribution in [3.8, 4) is 0 Å². The second-order valence-corrected chi connectivity index (χ2v) is 6.21. The fraction of sp³-hybridized carbons (Fsp3) is 0.211. The van der Waals surface area contributed by atoms with E-state index < -0.39 is 11.7 Å². The van der Waals surface area contributed by atoms with Crippen LogP contribution >= 0.6 is 0 Å². The molecule has 0 spiro atoms. The van der Waals surface area contributed by atoms with E-state index in [4.69, 9.17) is 16.2 Å². The zero-order valence-electron chi connectivity index (χ0n) is 15.3. The lowest BCUT2D eigenvalue weighted by atomic mass is 10.2. The molecule has 0 aliphatic heterocycles. The number of nitrogens with two attached hydrogens (primary N) is 2. The predicted molar refractivity (Wildman–Crippen MR) is 106 cm³/mol. The fourth-order valence-corrected chi connectivity index (χ4v) is 2.69. The zero-order valence-corrected chi connectivity index (χ0v) is 15.3. The summed E-state index contributed by atoms with van der Waals surface area (Å²) >= 11 is 0. The van der Waals surface area contributed by atoms with Gasteiger partial charge in [0.15, 0.2) is 11.6 Å². The van der Waals surface area contributed by atoms with Crippen LogP contribution in [0, 0.1) is 5.82 Å². The van der Waals surface area contributed by atoms with E-state index in [9.17, 15) is 9.18 Å². The maximum atomic E-state index is 14.3. The maximum absolute atomic E-state index is 14.3. The molecule has 146 valence electrons. The molecule has 0 aliphatic rings. The molecule has 0 aliphatic carbocycles. The van der Waals surface area contributed by atoms with Gasteiger partial charge in [0.2, 0.25) is 0 Å². The highest BCUT2D eigenvalue weighted by atomic mass is 19.1. The summed E-state index contributed by atoms with van der Waals surface area (Å²) in [6, 6.07) is 9.89. The Morgan fingerprint density at radius 1 is 1.29 bits per heavy atom. The molecule has 1 amide bonds. The normalized spacial score (nSPS) is 12.0. The molecule has 0 saturated carbocycles. The number of halogens is 1. The van der Waals surface area contributed by atoms with Gasteiger partial charge in [-0.25, -0.2) is 9.37 Å². The molecule has 0 unspecified atom stereocenters. The molecule has 3 rings (SSSR count). The van der Waals surface area contributed by atoms with E-state index in [2.05, 4.69) is 20.6 Å². The van der Waals surface area contributed by atoms with E-state index in [0.717, 1.165) is 17.0 Å². The lowest BCUT2D eigenvalue weighted by Crippen LogP contribution is -2.33. The first-order valence-corrected chi connectivity index (χ1v) is 8.58. The first-order chi connectivity index (χ1) is 13.5. The van der Waals surface area contributed by atoms with Crippen molar-refractivity contribution in [2.45, 2.75) is 6.04 Å². The Bertz CT molecular complexity index is 997. The zero-order chi connectivity index (χ0) is 20.1. The minimum Gasteiger partial charge on any atom is -0.383 e. The lowest BCUT2D eigenvalue weighted by Gasteiger charge is -2.15. The molecule has 1 atom stereocenters. The van der Waals surface area contributed by atoms with Crippen LogP contribution in [-0.2, 0) is 4.74 Å². The maximum Gasteiger partial charge on any atom is 0.252 e. The quantitative estimate of drug-likeness (QED) is 0.467. The number of nitrogens with zero attached hydrogens (tertiary/aromatic N) is 2. The topological polar surface area (TPSA) is 128 Å². The number of hydrogen-bond donors (Lipinski definition) is 4. The van der Waals surface area contributed by atoms with E-state index in [1.54, 1.807) is 12.3 Å². The summed E-state index contributed by atoms with van der Waals surface area (Å²) in [5.41, 5.74) is 12.6. The highest BCUT2D eigenvalue weighted by Crippen LogP contribution is 2.25. The van der Waals surface area contributed by atoms with Gasteiger partial charge in [-0.3, -0.25) is 9.78 Å². The molecule has 0 radical (unpaired) electrons. The summed E-state index contributed by atoms with van der Waals surface area (Å²) in [6.45, 7) is 0.555. The van der Waals surface area contributed by atoms with Crippen molar-refractivity contribution in [2.24, 2.45) is 11.5 Å². The minimum atomic E-state index is -0.793. The summed E-state index contributed by atoms with van der Waals surface area (Å²) in [6.07, 6.45) is 1.70. The van der Waals surface area contributed by atoms with Gasteiger partial charge in [0.1, 0.15) is 5.82 Å². The van der Waals surface area contributed by atoms with Crippen molar-refractivity contribution >= 4 is 34.1 Å². The van der Waals surface area contributed by atoms with Crippen LogP contribution in [-0.4, -0.2) is 42.2 Å². The van der Waals surface area contributed by atoms with Crippen LogP contribution in [0.15, 0.2) is 42.6 Å². The van der Waals surface area contributed by atoms with Crippen LogP contribution in [0.25, 0.3) is 10.9 Å². The van der Waals surface area contributed by atoms with Gasteiger partial charge in [0.05, 0.1) is 17.7 Å². The van der Waals surface area contributed by atoms with Gasteiger partial charge in [-0.05, 0) is 30.3 Å². The van der Waals surface area contributed by atoms with Crippen molar-refractivity contribution in [2.75, 3.05) is 30.9 Å². The summed E-state index contributed by atoms with van der Waals surface area (Å²) in [4.78, 5) is 20.2. The van der Waals surface area contributed by atoms with Gasteiger partial charge >= 0.3 is 0 Å². The number of aromatic nitrogens is 2. The van der Waals surface area contributed by atoms with Crippen LogP contribution in [0.3, 0.4) is 0 Å². The number of pyridine rings is 2. The molecule has 0 bridgehead atoms. The number of carbonyl (C=O) groups is 1. The number of methoxy groups -OCH3 is 1. The molecular formula is C19H21FN6O2. The Morgan fingerprint density at radius 2 is 2.11 bits per heavy atom. The number of rotatable bonds is 8. The summed E-state index contributed by atoms with van der Waals surface area (Å²) in [7, 11) is 1.53. The average Bonchev–Trinajstić information content (AvgIpc) is 2.68. The van der Waals surface area contributed by atoms with Crippen LogP contribution in [0.1, 0.15) is 10.4 Å². The first kappa shape index (κ1) is 19.5. The molecule has 0 saturated heterocycles. The van der Waals surface area contributed by atoms with E-state index in [-0.39, 0.29) is 29.8 Å². The summed E-state index contributed by atoms with van der Waals surface area (Å²) in [5, 5.41) is 6.75. The third-order valence-corrected chi connectivity index (χ3v) is 4.02. The van der Waals surface area contributed by atoms with Gasteiger partial charge in [0.25, 0.3) is 5.91 Å². The second kappa shape index (κ2) is 8.59. The molecule has 6 N–H and O–H groups in total. The predicted octanol–water partition coefficient (Wildman–Crippen LogP) is 2.00. The summed E-state index contributed by atoms with van der Waals surface area (Å²) in [5.74, 6) is -1.40. The largest absolute Gasteiger partial charge is 0.383 e. The molecule has 28 heavy (non-hydrogen) atoms. The molecule has 1 aromatic carbocycles. The fourth-order valence-electron chi connectivity index (χ4n) is 2.69. The van der Waals surface area contributed by atoms with E-state index in [1.165, 1.54) is 7.11 Å². The number of nitrogens with one attached hydrogen (secondary N) is 2. The number of amides is 1. The minimum absolute atomic E-state index is 0.0403. The Balaban J connectivity index is 1.90. The highest BCUT2D eigenvalue weighted by Gasteiger charge is 2.17. The van der Waals surface area contributed by atoms with Gasteiger partial charge in [-0.15, -0.1) is 0 Å². The van der Waals surface area contributed by atoms with Crippen LogP contribution in [0.4, 0.5) is 21.7 Å². The molecule has 9 heteroatoms. The van der Waals surface area contributed by atoms with E-state index in [1.807, 2.05) is 24.3 Å². The smallest absolute Gasteiger partial charge is 0.252 e. The third-order valence-electron chi connectivity index (χ3n) is 4.02. The molecule has 3 aromatic rings. The van der Waals surface area contributed by atoms with Crippen molar-refractivity contribution < 1.29 is 13.9 Å². The highest BCUT2D eigenvalue weighted by molar-refractivity contribution is 5.99. The van der Waals surface area contributed by atoms with Crippen LogP contribution < -0.4 is 22.1 Å². The van der Waals surface area contributed by atoms with Crippen molar-refractivity contribution in [1.82, 2.24) is 9.97 Å². The van der Waals surface area contributed by atoms with Crippen LogP contribution in [0.5, 0.6) is 0 Å². The Kier molecular flexibility index (Phi) is 5.97. The van der Waals surface area contributed by atoms with E-state index >= 15 is 0 Å².